The van der Waals surface area contributed by atoms with E-state index < -0.39 is 0 Å². The molecule has 0 atom stereocenters. The van der Waals surface area contributed by atoms with Crippen molar-refractivity contribution in [3.8, 4) is 0 Å². The molecule has 0 radical (unpaired) electrons. The summed E-state index contributed by atoms with van der Waals surface area (Å²) < 4.78 is 11.4. The second-order valence-corrected chi connectivity index (χ2v) is 1.28. The van der Waals surface area contributed by atoms with Gasteiger partial charge in [0.05, 0.1) is 20.0 Å². The highest BCUT2D eigenvalue weighted by Crippen LogP contribution is 1.88. The van der Waals surface area contributed by atoms with Crippen molar-refractivity contribution < 1.29 is 11.2 Å². The molecule has 8 heavy (non-hydrogen) atoms. The second-order valence-electron chi connectivity index (χ2n) is 1.28. The predicted octanol–water partition coefficient (Wildman–Crippen LogP) is 0.695. The van der Waals surface area contributed by atoms with Crippen LogP contribution in [0.25, 0.3) is 0 Å². The lowest BCUT2D eigenvalue weighted by Gasteiger charge is -1.88. The van der Waals surface area contributed by atoms with E-state index in [-0.39, 0.29) is 12.8 Å². The van der Waals surface area contributed by atoms with Crippen LogP contribution in [0.15, 0.2) is 24.5 Å². The van der Waals surface area contributed by atoms with E-state index >= 15 is 0 Å². The Kier molecular flexibility index (Phi) is 2.96. The van der Waals surface area contributed by atoms with Crippen LogP contribution in [0.3, 0.4) is 0 Å². The molecular formula is C6H10O2. The number of methoxy groups -OCH3 is 1. The summed E-state index contributed by atoms with van der Waals surface area (Å²) in [4.78, 5) is 0. The predicted molar refractivity (Wildman–Crippen MR) is 32.4 cm³/mol. The summed E-state index contributed by atoms with van der Waals surface area (Å²) in [5, 5.41) is 8.40. The maximum atomic E-state index is 8.40. The van der Waals surface area contributed by atoms with Gasteiger partial charge in [-0.2, -0.15) is 0 Å². The first-order valence-electron chi connectivity index (χ1n) is 2.71. The Morgan fingerprint density at radius 2 is 2.75 bits per heavy atom. The smallest absolute Gasteiger partial charge is 0.104 e. The van der Waals surface area contributed by atoms with Crippen LogP contribution < -0.4 is 0 Å². The lowest BCUT2D eigenvalue weighted by molar-refractivity contribution is 0.326. The third kappa shape index (κ3) is 3.43. The molecule has 2 nitrogen and oxygen atoms in total. The number of hydrogen-bond acceptors (Lipinski definition) is 2. The molecule has 46 valence electrons. The van der Waals surface area contributed by atoms with Crippen molar-refractivity contribution in [1.29, 1.82) is 0 Å². The molecule has 1 N–H and O–H groups in total. The Balaban J connectivity index is 3.79. The van der Waals surface area contributed by atoms with E-state index in [1.807, 2.05) is 0 Å². The highest BCUT2D eigenvalue weighted by Gasteiger charge is 1.78. The zero-order chi connectivity index (χ0) is 7.28. The van der Waals surface area contributed by atoms with Crippen LogP contribution in [0.5, 0.6) is 0 Å². The van der Waals surface area contributed by atoms with Gasteiger partial charge >= 0.3 is 0 Å². The van der Waals surface area contributed by atoms with Crippen LogP contribution in [-0.4, -0.2) is 18.8 Å². The van der Waals surface area contributed by atoms with Crippen LogP contribution >= 0.6 is 0 Å². The zero-order valence-corrected chi connectivity index (χ0v) is 4.85. The van der Waals surface area contributed by atoms with Gasteiger partial charge in [0.1, 0.15) is 1.37 Å². The SMILES string of the molecule is [2H]/C(=C\C(=C)CO)OC. The molecule has 0 unspecified atom stereocenters. The third-order valence-electron chi connectivity index (χ3n) is 0.584. The molecule has 0 saturated heterocycles. The van der Waals surface area contributed by atoms with Gasteiger partial charge in [-0.1, -0.05) is 6.58 Å². The van der Waals surface area contributed by atoms with Crippen molar-refractivity contribution in [2.75, 3.05) is 13.7 Å². The lowest BCUT2D eigenvalue weighted by Crippen LogP contribution is -1.81. The highest BCUT2D eigenvalue weighted by molar-refractivity contribution is 5.12. The van der Waals surface area contributed by atoms with E-state index in [2.05, 4.69) is 11.3 Å². The highest BCUT2D eigenvalue weighted by atomic mass is 16.5. The van der Waals surface area contributed by atoms with Crippen LogP contribution in [-0.2, 0) is 4.74 Å². The average Bonchev–Trinajstić information content (AvgIpc) is 1.87. The number of aliphatic hydroxyl groups is 1. The molecule has 0 rings (SSSR count). The summed E-state index contributed by atoms with van der Waals surface area (Å²) in [6, 6.07) is 0. The van der Waals surface area contributed by atoms with Crippen LogP contribution in [0, 0.1) is 0 Å². The largest absolute Gasteiger partial charge is 0.504 e. The quantitative estimate of drug-likeness (QED) is 0.433. The third-order valence-corrected chi connectivity index (χ3v) is 0.584. The average molecular weight is 115 g/mol. The van der Waals surface area contributed by atoms with Crippen LogP contribution in [0.2, 0.25) is 0 Å². The fourth-order valence-corrected chi connectivity index (χ4v) is 0.188. The fourth-order valence-electron chi connectivity index (χ4n) is 0.188. The van der Waals surface area contributed by atoms with E-state index in [0.29, 0.717) is 5.57 Å². The van der Waals surface area contributed by atoms with E-state index in [1.165, 1.54) is 13.2 Å². The molecule has 0 amide bonds. The molecule has 0 saturated carbocycles. The van der Waals surface area contributed by atoms with Gasteiger partial charge in [0, 0.05) is 0 Å². The van der Waals surface area contributed by atoms with Gasteiger partial charge in [0.15, 0.2) is 0 Å². The summed E-state index contributed by atoms with van der Waals surface area (Å²) in [5.74, 6) is 0. The van der Waals surface area contributed by atoms with Gasteiger partial charge in [-0.05, 0) is 11.6 Å². The first kappa shape index (κ1) is 5.38. The first-order valence-corrected chi connectivity index (χ1v) is 2.21. The number of rotatable bonds is 3. The molecule has 0 bridgehead atoms. The Labute approximate surface area is 50.5 Å². The van der Waals surface area contributed by atoms with Crippen molar-refractivity contribution >= 4 is 0 Å². The van der Waals surface area contributed by atoms with E-state index in [9.17, 15) is 0 Å². The lowest BCUT2D eigenvalue weighted by atomic mass is 10.3. The van der Waals surface area contributed by atoms with Crippen LogP contribution in [0.4, 0.5) is 0 Å². The van der Waals surface area contributed by atoms with E-state index in [4.69, 9.17) is 6.48 Å². The second kappa shape index (κ2) is 4.40. The molecule has 0 aromatic rings. The molecule has 0 aliphatic carbocycles. The number of aliphatic hydroxyl groups excluding tert-OH is 1. The zero-order valence-electron chi connectivity index (χ0n) is 5.85. The van der Waals surface area contributed by atoms with E-state index in [1.54, 1.807) is 0 Å². The minimum absolute atomic E-state index is 0.00838. The molecular weight excluding hydrogens is 104 g/mol. The van der Waals surface area contributed by atoms with Crippen molar-refractivity contribution in [1.82, 2.24) is 0 Å². The molecule has 0 aromatic heterocycles. The van der Waals surface area contributed by atoms with Gasteiger partial charge in [-0.3, -0.25) is 0 Å². The van der Waals surface area contributed by atoms with Crippen molar-refractivity contribution in [3.63, 3.8) is 0 Å². The monoisotopic (exact) mass is 115 g/mol. The Bertz CT molecular complexity index is 129. The summed E-state index contributed by atoms with van der Waals surface area (Å²) in [7, 11) is 1.39. The number of ether oxygens (including phenoxy) is 1. The van der Waals surface area contributed by atoms with Gasteiger partial charge < -0.3 is 9.84 Å². The minimum Gasteiger partial charge on any atom is -0.504 e. The molecule has 2 heteroatoms. The normalized spacial score (nSPS) is 12.8. The topological polar surface area (TPSA) is 29.5 Å². The molecule has 0 spiro atoms. The van der Waals surface area contributed by atoms with Crippen molar-refractivity contribution in [2.24, 2.45) is 0 Å². The Morgan fingerprint density at radius 1 is 2.12 bits per heavy atom. The van der Waals surface area contributed by atoms with Crippen molar-refractivity contribution in [3.05, 3.63) is 24.5 Å². The summed E-state index contributed by atoms with van der Waals surface area (Å²) in [6.07, 6.45) is 1.37. The molecule has 0 fully saturated rings. The van der Waals surface area contributed by atoms with Crippen LogP contribution in [0.1, 0.15) is 1.37 Å². The number of hydrogen-bond donors (Lipinski definition) is 1. The van der Waals surface area contributed by atoms with E-state index in [0.717, 1.165) is 0 Å². The van der Waals surface area contributed by atoms with Gasteiger partial charge in [0.25, 0.3) is 0 Å². The molecule has 0 heterocycles. The fraction of sp³-hybridized carbons (Fsp3) is 0.333. The standard InChI is InChI=1S/C6H10O2/c1-6(5-7)3-4-8-2/h3-4,7H,1,5H2,2H3/b4-3+/i4D. The summed E-state index contributed by atoms with van der Waals surface area (Å²) in [5.41, 5.74) is 0.474. The minimum atomic E-state index is -0.133. The van der Waals surface area contributed by atoms with Gasteiger partial charge in [0.2, 0.25) is 0 Å². The van der Waals surface area contributed by atoms with Crippen molar-refractivity contribution in [2.45, 2.75) is 0 Å². The maximum absolute atomic E-state index is 8.40. The summed E-state index contributed by atoms with van der Waals surface area (Å²) in [6.45, 7) is 3.30. The Hall–Kier alpha value is -0.760. The molecule has 0 aromatic carbocycles. The first-order chi connectivity index (χ1) is 4.20. The summed E-state index contributed by atoms with van der Waals surface area (Å²) >= 11 is 0. The molecule has 0 aliphatic rings. The Morgan fingerprint density at radius 3 is 3.12 bits per heavy atom. The molecule has 0 aliphatic heterocycles. The maximum Gasteiger partial charge on any atom is 0.104 e. The van der Waals surface area contributed by atoms with Gasteiger partial charge in [-0.25, -0.2) is 0 Å². The van der Waals surface area contributed by atoms with Gasteiger partial charge in [-0.15, -0.1) is 0 Å².